The summed E-state index contributed by atoms with van der Waals surface area (Å²) < 4.78 is 69.0. The minimum Gasteiger partial charge on any atom is -0.379 e. The number of Topliss-reactive ketones (excluding diaryl/α,β-unsaturated/α-hetero) is 1. The van der Waals surface area contributed by atoms with Crippen LogP contribution in [0.3, 0.4) is 0 Å². The first-order valence-electron chi connectivity index (χ1n) is 8.28. The fourth-order valence-electron chi connectivity index (χ4n) is 2.59. The number of hydrogen-bond donors (Lipinski definition) is 0. The molecule has 0 aromatic heterocycles. The SMILES string of the molecule is C#CCC(CC)C(=O)c1cccc(OS(=O)(=O)c2ccccc2C(F)(F)F)c1. The molecule has 0 saturated carbocycles. The van der Waals surface area contributed by atoms with Gasteiger partial charge in [-0.25, -0.2) is 0 Å². The van der Waals surface area contributed by atoms with Gasteiger partial charge in [-0.15, -0.1) is 12.3 Å². The van der Waals surface area contributed by atoms with E-state index in [4.69, 9.17) is 10.6 Å². The molecule has 0 heterocycles. The Balaban J connectivity index is 2.37. The topological polar surface area (TPSA) is 60.4 Å². The minimum atomic E-state index is -4.87. The first-order valence-corrected chi connectivity index (χ1v) is 9.69. The summed E-state index contributed by atoms with van der Waals surface area (Å²) in [5.41, 5.74) is -1.17. The van der Waals surface area contributed by atoms with E-state index in [0.717, 1.165) is 18.2 Å². The maximum atomic E-state index is 13.1. The van der Waals surface area contributed by atoms with Crippen LogP contribution in [0.4, 0.5) is 13.2 Å². The molecule has 0 radical (unpaired) electrons. The Hall–Kier alpha value is -2.79. The Bertz CT molecular complexity index is 1000. The zero-order valence-electron chi connectivity index (χ0n) is 14.9. The quantitative estimate of drug-likeness (QED) is 0.377. The van der Waals surface area contributed by atoms with Crippen molar-refractivity contribution in [3.05, 3.63) is 59.7 Å². The van der Waals surface area contributed by atoms with Gasteiger partial charge in [-0.1, -0.05) is 31.2 Å². The number of alkyl halides is 3. The molecular formula is C20H17F3O4S. The van der Waals surface area contributed by atoms with Gasteiger partial charge >= 0.3 is 16.3 Å². The van der Waals surface area contributed by atoms with E-state index < -0.39 is 32.7 Å². The van der Waals surface area contributed by atoms with E-state index in [1.807, 2.05) is 0 Å². The maximum absolute atomic E-state index is 13.1. The summed E-state index contributed by atoms with van der Waals surface area (Å²) >= 11 is 0. The van der Waals surface area contributed by atoms with Crippen molar-refractivity contribution >= 4 is 15.9 Å². The molecule has 148 valence electrons. The molecule has 0 saturated heterocycles. The molecule has 0 spiro atoms. The summed E-state index contributed by atoms with van der Waals surface area (Å²) in [6.07, 6.45) is 1.09. The smallest absolute Gasteiger partial charge is 0.379 e. The summed E-state index contributed by atoms with van der Waals surface area (Å²) in [7, 11) is -4.77. The number of ketones is 1. The first kappa shape index (κ1) is 21.5. The second-order valence-electron chi connectivity index (χ2n) is 5.94. The third-order valence-electron chi connectivity index (χ3n) is 4.01. The van der Waals surface area contributed by atoms with Gasteiger partial charge in [-0.05, 0) is 30.7 Å². The predicted molar refractivity (Wildman–Crippen MR) is 97.3 cm³/mol. The molecule has 0 fully saturated rings. The average Bonchev–Trinajstić information content (AvgIpc) is 2.65. The number of hydrogen-bond acceptors (Lipinski definition) is 4. The molecule has 2 aromatic rings. The predicted octanol–water partition coefficient (Wildman–Crippen LogP) is 4.71. The lowest BCUT2D eigenvalue weighted by atomic mass is 9.92. The van der Waals surface area contributed by atoms with Gasteiger partial charge in [0.1, 0.15) is 10.6 Å². The van der Waals surface area contributed by atoms with Crippen LogP contribution in [0, 0.1) is 18.3 Å². The van der Waals surface area contributed by atoms with Gasteiger partial charge in [-0.3, -0.25) is 4.79 Å². The lowest BCUT2D eigenvalue weighted by molar-refractivity contribution is -0.139. The van der Waals surface area contributed by atoms with Crippen molar-refractivity contribution in [3.63, 3.8) is 0 Å². The Morgan fingerprint density at radius 3 is 2.46 bits per heavy atom. The largest absolute Gasteiger partial charge is 0.417 e. The Morgan fingerprint density at radius 2 is 1.86 bits per heavy atom. The molecule has 0 aliphatic carbocycles. The molecule has 0 aliphatic heterocycles. The highest BCUT2D eigenvalue weighted by atomic mass is 32.2. The van der Waals surface area contributed by atoms with E-state index in [1.54, 1.807) is 6.92 Å². The van der Waals surface area contributed by atoms with Crippen molar-refractivity contribution in [1.29, 1.82) is 0 Å². The number of carbonyl (C=O) groups excluding carboxylic acids is 1. The van der Waals surface area contributed by atoms with Gasteiger partial charge in [-0.2, -0.15) is 21.6 Å². The van der Waals surface area contributed by atoms with Crippen LogP contribution in [0.2, 0.25) is 0 Å². The van der Waals surface area contributed by atoms with E-state index in [1.165, 1.54) is 24.3 Å². The maximum Gasteiger partial charge on any atom is 0.417 e. The molecular weight excluding hydrogens is 393 g/mol. The van der Waals surface area contributed by atoms with Gasteiger partial charge < -0.3 is 4.18 Å². The van der Waals surface area contributed by atoms with Crippen molar-refractivity contribution in [1.82, 2.24) is 0 Å². The molecule has 2 aromatic carbocycles. The number of rotatable bonds is 7. The lowest BCUT2D eigenvalue weighted by Crippen LogP contribution is -2.17. The fourth-order valence-corrected chi connectivity index (χ4v) is 3.74. The molecule has 0 aliphatic rings. The molecule has 0 N–H and O–H groups in total. The second kappa shape index (κ2) is 8.48. The summed E-state index contributed by atoms with van der Waals surface area (Å²) in [6, 6.07) is 8.98. The summed E-state index contributed by atoms with van der Waals surface area (Å²) in [6.45, 7) is 1.79. The van der Waals surface area contributed by atoms with E-state index in [-0.39, 0.29) is 23.5 Å². The van der Waals surface area contributed by atoms with E-state index >= 15 is 0 Å². The van der Waals surface area contributed by atoms with Crippen LogP contribution in [-0.2, 0) is 16.3 Å². The van der Waals surface area contributed by atoms with Crippen LogP contribution in [0.5, 0.6) is 5.75 Å². The van der Waals surface area contributed by atoms with E-state index in [2.05, 4.69) is 5.92 Å². The molecule has 1 unspecified atom stereocenters. The Labute approximate surface area is 161 Å². The zero-order chi connectivity index (χ0) is 20.9. The van der Waals surface area contributed by atoms with Gasteiger partial charge in [0.05, 0.1) is 5.56 Å². The van der Waals surface area contributed by atoms with Crippen LogP contribution in [0.1, 0.15) is 35.7 Å². The van der Waals surface area contributed by atoms with Crippen molar-refractivity contribution in [2.45, 2.75) is 30.8 Å². The Morgan fingerprint density at radius 1 is 1.18 bits per heavy atom. The van der Waals surface area contributed by atoms with E-state index in [0.29, 0.717) is 12.5 Å². The Kier molecular flexibility index (Phi) is 6.52. The minimum absolute atomic E-state index is 0.166. The fraction of sp³-hybridized carbons (Fsp3) is 0.250. The van der Waals surface area contributed by atoms with Gasteiger partial charge in [0.25, 0.3) is 0 Å². The van der Waals surface area contributed by atoms with Gasteiger partial charge in [0.2, 0.25) is 0 Å². The molecule has 2 rings (SSSR count). The summed E-state index contributed by atoms with van der Waals surface area (Å²) in [5.74, 6) is 1.41. The molecule has 1 atom stereocenters. The van der Waals surface area contributed by atoms with Crippen LogP contribution in [0.15, 0.2) is 53.4 Å². The normalized spacial score (nSPS) is 12.8. The van der Waals surface area contributed by atoms with Gasteiger partial charge in [0, 0.05) is 17.9 Å². The molecule has 28 heavy (non-hydrogen) atoms. The third kappa shape index (κ3) is 4.93. The molecule has 0 amide bonds. The van der Waals surface area contributed by atoms with Crippen molar-refractivity contribution in [2.75, 3.05) is 0 Å². The van der Waals surface area contributed by atoms with Crippen molar-refractivity contribution in [3.8, 4) is 18.1 Å². The standard InChI is InChI=1S/C20H17F3O4S/c1-3-8-14(4-2)19(24)15-9-7-10-16(13-15)27-28(25,26)18-12-6-5-11-17(18)20(21,22)23/h1,5-7,9-14H,4,8H2,2H3. The second-order valence-corrected chi connectivity index (χ2v) is 7.45. The zero-order valence-corrected chi connectivity index (χ0v) is 15.7. The number of benzene rings is 2. The van der Waals surface area contributed by atoms with Crippen LogP contribution in [0.25, 0.3) is 0 Å². The van der Waals surface area contributed by atoms with Crippen LogP contribution in [-0.4, -0.2) is 14.2 Å². The highest BCUT2D eigenvalue weighted by molar-refractivity contribution is 7.87. The van der Waals surface area contributed by atoms with E-state index in [9.17, 15) is 26.4 Å². The number of halogens is 3. The average molecular weight is 410 g/mol. The first-order chi connectivity index (χ1) is 13.1. The highest BCUT2D eigenvalue weighted by Gasteiger charge is 2.37. The van der Waals surface area contributed by atoms with Gasteiger partial charge in [0.15, 0.2) is 5.78 Å². The number of carbonyl (C=O) groups is 1. The van der Waals surface area contributed by atoms with Crippen molar-refractivity contribution < 1.29 is 30.6 Å². The highest BCUT2D eigenvalue weighted by Crippen LogP contribution is 2.35. The van der Waals surface area contributed by atoms with Crippen molar-refractivity contribution in [2.24, 2.45) is 5.92 Å². The lowest BCUT2D eigenvalue weighted by Gasteiger charge is -2.14. The third-order valence-corrected chi connectivity index (χ3v) is 5.32. The molecule has 0 bridgehead atoms. The molecule has 4 nitrogen and oxygen atoms in total. The monoisotopic (exact) mass is 410 g/mol. The number of terminal acetylenes is 1. The van der Waals surface area contributed by atoms with Crippen LogP contribution >= 0.6 is 0 Å². The van der Waals surface area contributed by atoms with Crippen LogP contribution < -0.4 is 4.18 Å². The molecule has 8 heteroatoms. The summed E-state index contributed by atoms with van der Waals surface area (Å²) in [5, 5.41) is 0. The summed E-state index contributed by atoms with van der Waals surface area (Å²) in [4.78, 5) is 11.5.